The first-order valence-electron chi connectivity index (χ1n) is 10.1. The summed E-state index contributed by atoms with van der Waals surface area (Å²) in [5.74, 6) is -0.0427. The van der Waals surface area contributed by atoms with Crippen molar-refractivity contribution < 1.29 is 4.79 Å². The Kier molecular flexibility index (Phi) is 6.65. The first-order valence-corrected chi connectivity index (χ1v) is 11.7. The Morgan fingerprint density at radius 3 is 2.58 bits per heavy atom. The van der Waals surface area contributed by atoms with Gasteiger partial charge in [-0.1, -0.05) is 53.6 Å². The molecule has 0 radical (unpaired) electrons. The van der Waals surface area contributed by atoms with Crippen molar-refractivity contribution in [3.05, 3.63) is 52.0 Å². The molecule has 1 aliphatic heterocycles. The van der Waals surface area contributed by atoms with E-state index in [0.29, 0.717) is 41.8 Å². The number of fused-ring (bicyclic) bond motifs is 1. The van der Waals surface area contributed by atoms with Gasteiger partial charge in [-0.2, -0.15) is 5.10 Å². The number of carbonyl (C=O) groups excluding carboxylic acids is 1. The molecule has 0 atom stereocenters. The van der Waals surface area contributed by atoms with E-state index in [1.807, 2.05) is 36.1 Å². The number of hydrogen-bond acceptors (Lipinski definition) is 6. The Morgan fingerprint density at radius 1 is 1.13 bits per heavy atom. The minimum atomic E-state index is -0.0427. The average molecular weight is 476 g/mol. The van der Waals surface area contributed by atoms with Gasteiger partial charge in [0.1, 0.15) is 5.52 Å². The second-order valence-corrected chi connectivity index (χ2v) is 9.18. The van der Waals surface area contributed by atoms with Crippen LogP contribution in [0.1, 0.15) is 30.6 Å². The number of nitrogens with one attached hydrogen (secondary N) is 1. The van der Waals surface area contributed by atoms with Crippen molar-refractivity contribution in [3.8, 4) is 0 Å². The van der Waals surface area contributed by atoms with Gasteiger partial charge in [-0.25, -0.2) is 4.98 Å². The van der Waals surface area contributed by atoms with Crippen molar-refractivity contribution >= 4 is 67.2 Å². The van der Waals surface area contributed by atoms with Crippen LogP contribution >= 0.6 is 34.5 Å². The molecule has 6 nitrogen and oxygen atoms in total. The zero-order chi connectivity index (χ0) is 22.0. The van der Waals surface area contributed by atoms with Crippen LogP contribution in [0.15, 0.2) is 41.5 Å². The second kappa shape index (κ2) is 9.42. The van der Waals surface area contributed by atoms with Crippen molar-refractivity contribution in [2.24, 2.45) is 5.10 Å². The molecule has 1 aliphatic rings. The summed E-state index contributed by atoms with van der Waals surface area (Å²) in [4.78, 5) is 21.6. The van der Waals surface area contributed by atoms with Crippen LogP contribution in [0.3, 0.4) is 0 Å². The number of carbonyl (C=O) groups is 1. The Labute approximate surface area is 195 Å². The number of thiazole rings is 1. The molecule has 9 heteroatoms. The highest BCUT2D eigenvalue weighted by Crippen LogP contribution is 2.38. The van der Waals surface area contributed by atoms with E-state index in [9.17, 15) is 4.79 Å². The molecule has 2 aromatic carbocycles. The number of anilines is 2. The van der Waals surface area contributed by atoms with Gasteiger partial charge in [0.25, 0.3) is 5.91 Å². The number of amides is 1. The molecule has 0 bridgehead atoms. The minimum absolute atomic E-state index is 0.0427. The lowest BCUT2D eigenvalue weighted by Crippen LogP contribution is -2.49. The van der Waals surface area contributed by atoms with Crippen molar-refractivity contribution in [2.45, 2.75) is 20.3 Å². The van der Waals surface area contributed by atoms with Gasteiger partial charge in [-0.15, -0.1) is 0 Å². The third-order valence-corrected chi connectivity index (χ3v) is 6.89. The molecule has 4 rings (SSSR count). The molecule has 0 unspecified atom stereocenters. The molecule has 31 heavy (non-hydrogen) atoms. The van der Waals surface area contributed by atoms with Gasteiger partial charge >= 0.3 is 0 Å². The number of nitrogens with zero attached hydrogens (tertiary/aromatic N) is 4. The number of halogens is 2. The van der Waals surface area contributed by atoms with Crippen LogP contribution in [0.2, 0.25) is 10.0 Å². The molecule has 0 spiro atoms. The van der Waals surface area contributed by atoms with E-state index < -0.39 is 0 Å². The Hall–Kier alpha value is -2.35. The fourth-order valence-corrected chi connectivity index (χ4v) is 4.76. The normalized spacial score (nSPS) is 14.9. The lowest BCUT2D eigenvalue weighted by atomic mass is 10.1. The molecule has 3 aromatic rings. The third-order valence-electron chi connectivity index (χ3n) is 5.33. The predicted molar refractivity (Wildman–Crippen MR) is 131 cm³/mol. The smallest absolute Gasteiger partial charge is 0.255 e. The maximum Gasteiger partial charge on any atom is 0.255 e. The quantitative estimate of drug-likeness (QED) is 0.376. The molecule has 0 saturated carbocycles. The number of aromatic nitrogens is 1. The highest BCUT2D eigenvalue weighted by molar-refractivity contribution is 7.22. The molecule has 1 saturated heterocycles. The Balaban J connectivity index is 1.53. The Morgan fingerprint density at radius 2 is 1.87 bits per heavy atom. The monoisotopic (exact) mass is 475 g/mol. The summed E-state index contributed by atoms with van der Waals surface area (Å²) in [6.07, 6.45) is 0.881. The topological polar surface area (TPSA) is 60.8 Å². The van der Waals surface area contributed by atoms with Crippen molar-refractivity contribution in [1.29, 1.82) is 0 Å². The third kappa shape index (κ3) is 4.63. The first kappa shape index (κ1) is 21.9. The molecule has 1 N–H and O–H groups in total. The summed E-state index contributed by atoms with van der Waals surface area (Å²) in [6, 6.07) is 11.1. The van der Waals surface area contributed by atoms with Crippen LogP contribution in [-0.2, 0) is 0 Å². The summed E-state index contributed by atoms with van der Waals surface area (Å²) in [5.41, 5.74) is 6.36. The standard InChI is InChI=1S/C22H23Cl2N5OS/c1-3-14(2)26-27-22-25-19-18(31-22)9-8-17(24)20(19)28-10-12-29(13-11-28)21(30)15-6-4-5-7-16(15)23/h4-9H,3,10-13H2,1-2H3,(H,25,27)/b26-14-. The van der Waals surface area contributed by atoms with Gasteiger partial charge in [-0.05, 0) is 37.6 Å². The molecular weight excluding hydrogens is 453 g/mol. The molecule has 1 aromatic heterocycles. The lowest BCUT2D eigenvalue weighted by Gasteiger charge is -2.36. The molecular formula is C22H23Cl2N5OS. The molecule has 162 valence electrons. The molecule has 1 fully saturated rings. The van der Waals surface area contributed by atoms with E-state index in [1.54, 1.807) is 23.5 Å². The number of hydrogen-bond donors (Lipinski definition) is 1. The van der Waals surface area contributed by atoms with Gasteiger partial charge in [-0.3, -0.25) is 10.2 Å². The van der Waals surface area contributed by atoms with Crippen LogP contribution in [0.5, 0.6) is 0 Å². The molecule has 0 aliphatic carbocycles. The Bertz CT molecular complexity index is 1140. The summed E-state index contributed by atoms with van der Waals surface area (Å²) in [7, 11) is 0. The van der Waals surface area contributed by atoms with Crippen LogP contribution in [0, 0.1) is 0 Å². The van der Waals surface area contributed by atoms with E-state index in [2.05, 4.69) is 22.4 Å². The minimum Gasteiger partial charge on any atom is -0.365 e. The van der Waals surface area contributed by atoms with Crippen LogP contribution < -0.4 is 10.3 Å². The highest BCUT2D eigenvalue weighted by Gasteiger charge is 2.26. The van der Waals surface area contributed by atoms with Crippen LogP contribution in [0.25, 0.3) is 10.2 Å². The molecule has 2 heterocycles. The predicted octanol–water partition coefficient (Wildman–Crippen LogP) is 5.76. The fourth-order valence-electron chi connectivity index (χ4n) is 3.46. The summed E-state index contributed by atoms with van der Waals surface area (Å²) in [6.45, 7) is 6.56. The van der Waals surface area contributed by atoms with Gasteiger partial charge in [0, 0.05) is 31.9 Å². The first-order chi connectivity index (χ1) is 15.0. The van der Waals surface area contributed by atoms with Gasteiger partial charge in [0.05, 0.1) is 26.0 Å². The fraction of sp³-hybridized carbons (Fsp3) is 0.318. The number of benzene rings is 2. The maximum atomic E-state index is 12.9. The van der Waals surface area contributed by atoms with E-state index in [4.69, 9.17) is 28.2 Å². The SMILES string of the molecule is CC/C(C)=N\Nc1nc2c(N3CCN(C(=O)c4ccccc4Cl)CC3)c(Cl)ccc2s1. The van der Waals surface area contributed by atoms with E-state index in [-0.39, 0.29) is 5.91 Å². The number of hydrazone groups is 1. The van der Waals surface area contributed by atoms with Gasteiger partial charge in [0.2, 0.25) is 5.13 Å². The summed E-state index contributed by atoms with van der Waals surface area (Å²) >= 11 is 14.3. The maximum absolute atomic E-state index is 12.9. The zero-order valence-corrected chi connectivity index (χ0v) is 19.7. The highest BCUT2D eigenvalue weighted by atomic mass is 35.5. The number of piperazine rings is 1. The van der Waals surface area contributed by atoms with Gasteiger partial charge in [0.15, 0.2) is 0 Å². The average Bonchev–Trinajstić information content (AvgIpc) is 3.20. The number of rotatable bonds is 5. The summed E-state index contributed by atoms with van der Waals surface area (Å²) in [5, 5.41) is 6.22. The largest absolute Gasteiger partial charge is 0.365 e. The van der Waals surface area contributed by atoms with E-state index in [0.717, 1.165) is 33.2 Å². The van der Waals surface area contributed by atoms with Crippen LogP contribution in [0.4, 0.5) is 10.8 Å². The lowest BCUT2D eigenvalue weighted by molar-refractivity contribution is 0.0747. The molecule has 1 amide bonds. The van der Waals surface area contributed by atoms with Crippen molar-refractivity contribution in [3.63, 3.8) is 0 Å². The van der Waals surface area contributed by atoms with Gasteiger partial charge < -0.3 is 9.80 Å². The summed E-state index contributed by atoms with van der Waals surface area (Å²) < 4.78 is 1.04. The zero-order valence-electron chi connectivity index (χ0n) is 17.4. The second-order valence-electron chi connectivity index (χ2n) is 7.33. The van der Waals surface area contributed by atoms with Crippen molar-refractivity contribution in [2.75, 3.05) is 36.5 Å². The van der Waals surface area contributed by atoms with Crippen molar-refractivity contribution in [1.82, 2.24) is 9.88 Å². The van der Waals surface area contributed by atoms with Crippen LogP contribution in [-0.4, -0.2) is 47.7 Å². The van der Waals surface area contributed by atoms with E-state index >= 15 is 0 Å². The van der Waals surface area contributed by atoms with E-state index in [1.165, 1.54) is 0 Å².